The molecule has 1 aromatic heterocycles. The van der Waals surface area contributed by atoms with Crippen LogP contribution >= 0.6 is 23.1 Å². The van der Waals surface area contributed by atoms with Crippen LogP contribution in [-0.2, 0) is 9.53 Å². The fourth-order valence-electron chi connectivity index (χ4n) is 2.13. The Balaban J connectivity index is 1.92. The normalized spacial score (nSPS) is 22.9. The zero-order valence-electron chi connectivity index (χ0n) is 11.9. The van der Waals surface area contributed by atoms with Crippen molar-refractivity contribution in [2.45, 2.75) is 55.2 Å². The van der Waals surface area contributed by atoms with Gasteiger partial charge >= 0.3 is 5.97 Å². The van der Waals surface area contributed by atoms with Crippen molar-refractivity contribution in [1.82, 2.24) is 5.32 Å². The van der Waals surface area contributed by atoms with E-state index in [2.05, 4.69) is 23.7 Å². The zero-order valence-corrected chi connectivity index (χ0v) is 13.5. The van der Waals surface area contributed by atoms with Crippen molar-refractivity contribution in [1.29, 1.82) is 0 Å². The van der Waals surface area contributed by atoms with Gasteiger partial charge in [-0.1, -0.05) is 6.92 Å². The molecule has 1 aromatic rings. The van der Waals surface area contributed by atoms with Gasteiger partial charge < -0.3 is 4.74 Å². The monoisotopic (exact) mass is 299 g/mol. The summed E-state index contributed by atoms with van der Waals surface area (Å²) < 4.78 is 6.70. The van der Waals surface area contributed by atoms with Gasteiger partial charge in [-0.3, -0.25) is 10.1 Å². The minimum Gasteiger partial charge on any atom is -0.459 e. The van der Waals surface area contributed by atoms with Crippen LogP contribution < -0.4 is 5.32 Å². The molecule has 1 N–H and O–H groups in total. The molecule has 1 aliphatic rings. The van der Waals surface area contributed by atoms with Crippen LogP contribution in [0.5, 0.6) is 0 Å². The van der Waals surface area contributed by atoms with Crippen molar-refractivity contribution in [3.05, 3.63) is 17.0 Å². The summed E-state index contributed by atoms with van der Waals surface area (Å²) in [7, 11) is 0. The maximum absolute atomic E-state index is 11.7. The third-order valence-corrected chi connectivity index (χ3v) is 5.17. The number of ether oxygens (including phenoxy) is 1. The highest BCUT2D eigenvalue weighted by Gasteiger charge is 2.27. The fourth-order valence-corrected chi connectivity index (χ4v) is 4.69. The van der Waals surface area contributed by atoms with Crippen LogP contribution in [0.15, 0.2) is 15.7 Å². The Labute approximate surface area is 123 Å². The second-order valence-corrected chi connectivity index (χ2v) is 8.47. The maximum Gasteiger partial charge on any atom is 0.320 e. The quantitative estimate of drug-likeness (QED) is 0.865. The number of hydrogen-bond acceptors (Lipinski definition) is 5. The molecular weight excluding hydrogens is 278 g/mol. The highest BCUT2D eigenvalue weighted by Crippen LogP contribution is 2.43. The third kappa shape index (κ3) is 4.23. The van der Waals surface area contributed by atoms with Crippen molar-refractivity contribution in [2.24, 2.45) is 0 Å². The molecule has 3 nitrogen and oxygen atoms in total. The molecule has 0 saturated heterocycles. The molecule has 0 fully saturated rings. The van der Waals surface area contributed by atoms with Crippen molar-refractivity contribution < 1.29 is 9.53 Å². The second-order valence-electron chi connectivity index (χ2n) is 5.85. The van der Waals surface area contributed by atoms with Gasteiger partial charge in [0, 0.05) is 11.3 Å². The first-order chi connectivity index (χ1) is 8.85. The molecule has 2 heterocycles. The summed E-state index contributed by atoms with van der Waals surface area (Å²) >= 11 is 3.71. The van der Waals surface area contributed by atoms with E-state index < -0.39 is 5.60 Å². The van der Waals surface area contributed by atoms with Crippen LogP contribution in [-0.4, -0.2) is 23.4 Å². The number of thiophene rings is 1. The molecule has 2 rings (SSSR count). The summed E-state index contributed by atoms with van der Waals surface area (Å²) in [6.45, 7) is 8.17. The van der Waals surface area contributed by atoms with Gasteiger partial charge in [-0.2, -0.15) is 0 Å². The Bertz CT molecular complexity index is 451. The number of nitrogens with one attached hydrogen (secondary N) is 1. The Kier molecular flexibility index (Phi) is 4.58. The first-order valence-corrected chi connectivity index (χ1v) is 8.30. The molecular formula is C14H21NO2S2. The number of thioether (sulfide) groups is 1. The minimum absolute atomic E-state index is 0.185. The van der Waals surface area contributed by atoms with Crippen LogP contribution in [0.2, 0.25) is 0 Å². The highest BCUT2D eigenvalue weighted by molar-refractivity contribution is 8.01. The van der Waals surface area contributed by atoms with E-state index in [-0.39, 0.29) is 18.6 Å². The van der Waals surface area contributed by atoms with Gasteiger partial charge in [0.2, 0.25) is 0 Å². The summed E-state index contributed by atoms with van der Waals surface area (Å²) in [5.41, 5.74) is 0.916. The van der Waals surface area contributed by atoms with E-state index in [1.165, 1.54) is 9.77 Å². The molecule has 0 spiro atoms. The van der Waals surface area contributed by atoms with Crippen LogP contribution in [0, 0.1) is 0 Å². The topological polar surface area (TPSA) is 38.3 Å². The van der Waals surface area contributed by atoms with E-state index in [0.717, 1.165) is 6.42 Å². The lowest BCUT2D eigenvalue weighted by Crippen LogP contribution is -2.35. The predicted octanol–water partition coefficient (Wildman–Crippen LogP) is 3.60. The average molecular weight is 299 g/mol. The first kappa shape index (κ1) is 14.9. The molecule has 0 saturated carbocycles. The van der Waals surface area contributed by atoms with E-state index in [0.29, 0.717) is 5.25 Å². The van der Waals surface area contributed by atoms with Crippen molar-refractivity contribution in [2.75, 3.05) is 6.54 Å². The Morgan fingerprint density at radius 3 is 2.95 bits per heavy atom. The highest BCUT2D eigenvalue weighted by atomic mass is 32.2. The van der Waals surface area contributed by atoms with E-state index in [1.807, 2.05) is 32.5 Å². The Morgan fingerprint density at radius 2 is 2.26 bits per heavy atom. The first-order valence-electron chi connectivity index (χ1n) is 6.54. The summed E-state index contributed by atoms with van der Waals surface area (Å²) in [4.78, 5) is 11.7. The van der Waals surface area contributed by atoms with E-state index in [1.54, 1.807) is 11.3 Å². The minimum atomic E-state index is -0.415. The van der Waals surface area contributed by atoms with Gasteiger partial charge in [0.05, 0.1) is 10.8 Å². The summed E-state index contributed by atoms with van der Waals surface area (Å²) in [5.74, 6) is -0.185. The molecule has 0 radical (unpaired) electrons. The van der Waals surface area contributed by atoms with Gasteiger partial charge in [0.1, 0.15) is 5.60 Å². The molecule has 0 bridgehead atoms. The molecule has 106 valence electrons. The van der Waals surface area contributed by atoms with E-state index in [4.69, 9.17) is 4.74 Å². The zero-order chi connectivity index (χ0) is 14.0. The van der Waals surface area contributed by atoms with Gasteiger partial charge in [0.15, 0.2) is 0 Å². The second kappa shape index (κ2) is 5.85. The SMILES string of the molecule is C[C@H]1CC(NCC(=O)OC(C)(C)C)c2ccsc2S1. The number of carbonyl (C=O) groups excluding carboxylic acids is 1. The summed E-state index contributed by atoms with van der Waals surface area (Å²) in [5, 5.41) is 6.04. The van der Waals surface area contributed by atoms with Gasteiger partial charge in [-0.05, 0) is 44.2 Å². The Morgan fingerprint density at radius 1 is 1.53 bits per heavy atom. The lowest BCUT2D eigenvalue weighted by Gasteiger charge is -2.28. The molecule has 19 heavy (non-hydrogen) atoms. The summed E-state index contributed by atoms with van der Waals surface area (Å²) in [6.07, 6.45) is 1.05. The number of esters is 1. The third-order valence-electron chi connectivity index (χ3n) is 2.82. The van der Waals surface area contributed by atoms with Crippen LogP contribution in [0.3, 0.4) is 0 Å². The van der Waals surface area contributed by atoms with Gasteiger partial charge in [-0.25, -0.2) is 0 Å². The van der Waals surface area contributed by atoms with Crippen molar-refractivity contribution in [3.63, 3.8) is 0 Å². The molecule has 1 unspecified atom stereocenters. The predicted molar refractivity (Wildman–Crippen MR) is 80.8 cm³/mol. The number of hydrogen-bond donors (Lipinski definition) is 1. The van der Waals surface area contributed by atoms with Crippen LogP contribution in [0.4, 0.5) is 0 Å². The standard InChI is InChI=1S/C14H21NO2S2/c1-9-7-11(10-5-6-18-13(10)19-9)15-8-12(16)17-14(2,3)4/h5-6,9,11,15H,7-8H2,1-4H3/t9-,11?/m0/s1. The fraction of sp³-hybridized carbons (Fsp3) is 0.643. The number of rotatable bonds is 3. The van der Waals surface area contributed by atoms with Gasteiger partial charge in [0.25, 0.3) is 0 Å². The Hall–Kier alpha value is -0.520. The van der Waals surface area contributed by atoms with E-state index in [9.17, 15) is 4.79 Å². The van der Waals surface area contributed by atoms with Crippen LogP contribution in [0.25, 0.3) is 0 Å². The van der Waals surface area contributed by atoms with E-state index >= 15 is 0 Å². The molecule has 1 aliphatic heterocycles. The molecule has 0 aromatic carbocycles. The lowest BCUT2D eigenvalue weighted by molar-refractivity contribution is -0.153. The van der Waals surface area contributed by atoms with Gasteiger partial charge in [-0.15, -0.1) is 23.1 Å². The lowest BCUT2D eigenvalue weighted by atomic mass is 10.1. The molecule has 0 aliphatic carbocycles. The van der Waals surface area contributed by atoms with Crippen molar-refractivity contribution >= 4 is 29.1 Å². The largest absolute Gasteiger partial charge is 0.459 e. The molecule has 0 amide bonds. The average Bonchev–Trinajstić information content (AvgIpc) is 2.71. The number of carbonyl (C=O) groups is 1. The summed E-state index contributed by atoms with van der Waals surface area (Å²) in [6, 6.07) is 2.43. The van der Waals surface area contributed by atoms with Crippen LogP contribution in [0.1, 0.15) is 45.7 Å². The molecule has 5 heteroatoms. The van der Waals surface area contributed by atoms with Crippen molar-refractivity contribution in [3.8, 4) is 0 Å². The molecule has 2 atom stereocenters. The smallest absolute Gasteiger partial charge is 0.320 e. The number of fused-ring (bicyclic) bond motifs is 1. The maximum atomic E-state index is 11.7.